The monoisotopic (exact) mass is 495 g/mol. The number of carbonyl (C=O) groups excluding carboxylic acids is 3. The molecule has 0 unspecified atom stereocenters. The summed E-state index contributed by atoms with van der Waals surface area (Å²) in [5.74, 6) is -1.21. The van der Waals surface area contributed by atoms with E-state index in [-0.39, 0.29) is 12.8 Å². The molecule has 3 aromatic rings. The molecule has 10 heteroatoms. The van der Waals surface area contributed by atoms with Gasteiger partial charge in [0.15, 0.2) is 11.5 Å². The predicted octanol–water partition coefficient (Wildman–Crippen LogP) is 3.57. The van der Waals surface area contributed by atoms with Gasteiger partial charge in [0.05, 0.1) is 12.0 Å². The van der Waals surface area contributed by atoms with Crippen LogP contribution < -0.4 is 10.6 Å². The van der Waals surface area contributed by atoms with Crippen molar-refractivity contribution in [1.82, 2.24) is 20.3 Å². The second-order valence-electron chi connectivity index (χ2n) is 9.74. The van der Waals surface area contributed by atoms with E-state index in [0.717, 1.165) is 0 Å². The van der Waals surface area contributed by atoms with E-state index in [9.17, 15) is 19.6 Å². The summed E-state index contributed by atoms with van der Waals surface area (Å²) >= 11 is 0. The van der Waals surface area contributed by atoms with Crippen molar-refractivity contribution < 1.29 is 24.0 Å². The van der Waals surface area contributed by atoms with Crippen LogP contribution >= 0.6 is 0 Å². The van der Waals surface area contributed by atoms with Crippen molar-refractivity contribution in [2.24, 2.45) is 11.3 Å². The van der Waals surface area contributed by atoms with Gasteiger partial charge in [0.25, 0.3) is 0 Å². The summed E-state index contributed by atoms with van der Waals surface area (Å²) in [6.07, 6.45) is 2.82. The van der Waals surface area contributed by atoms with E-state index in [2.05, 4.69) is 20.6 Å². The van der Waals surface area contributed by atoms with Gasteiger partial charge in [0.1, 0.15) is 17.4 Å². The fourth-order valence-corrected chi connectivity index (χ4v) is 4.05. The van der Waals surface area contributed by atoms with E-state index >= 15 is 0 Å². The van der Waals surface area contributed by atoms with Gasteiger partial charge in [-0.2, -0.15) is 0 Å². The van der Waals surface area contributed by atoms with E-state index < -0.39 is 35.2 Å². The van der Waals surface area contributed by atoms with Crippen LogP contribution in [0.15, 0.2) is 53.1 Å². The van der Waals surface area contributed by atoms with Crippen molar-refractivity contribution in [2.75, 3.05) is 5.32 Å². The number of benzene rings is 1. The average molecular weight is 496 g/mol. The van der Waals surface area contributed by atoms with Crippen LogP contribution in [-0.4, -0.2) is 50.5 Å². The summed E-state index contributed by atoms with van der Waals surface area (Å²) in [6.45, 7) is 7.38. The molecule has 3 atom stereocenters. The lowest BCUT2D eigenvalue weighted by Crippen LogP contribution is -2.55. The van der Waals surface area contributed by atoms with Gasteiger partial charge in [0.2, 0.25) is 18.2 Å². The van der Waals surface area contributed by atoms with Gasteiger partial charge in [-0.3, -0.25) is 19.6 Å². The van der Waals surface area contributed by atoms with Crippen molar-refractivity contribution in [3.63, 3.8) is 0 Å². The molecule has 0 saturated heterocycles. The van der Waals surface area contributed by atoms with Crippen LogP contribution in [0.4, 0.5) is 5.82 Å². The first-order chi connectivity index (χ1) is 17.1. The SMILES string of the molecule is CCC[C@@H]([C@@H](Cc1nc2ccccc2o1)C(=O)N[C@H](C(=O)Nc1ccccn1)C(C)(C)C)N(O)C=O. The molecule has 0 saturated carbocycles. The first-order valence-electron chi connectivity index (χ1n) is 11.9. The van der Waals surface area contributed by atoms with E-state index in [1.807, 2.05) is 39.8 Å². The Morgan fingerprint density at radius 2 is 1.86 bits per heavy atom. The minimum Gasteiger partial charge on any atom is -0.441 e. The van der Waals surface area contributed by atoms with Crippen LogP contribution in [0.1, 0.15) is 46.4 Å². The zero-order valence-corrected chi connectivity index (χ0v) is 21.0. The van der Waals surface area contributed by atoms with Crippen molar-refractivity contribution >= 4 is 35.1 Å². The molecule has 2 heterocycles. The maximum atomic E-state index is 13.7. The molecule has 0 aliphatic heterocycles. The highest BCUT2D eigenvalue weighted by Gasteiger charge is 2.39. The van der Waals surface area contributed by atoms with Crippen molar-refractivity contribution in [1.29, 1.82) is 0 Å². The standard InChI is InChI=1S/C26H33N5O5/c1-5-10-19(31(35)16-32)17(15-22-28-18-11-6-7-12-20(18)36-22)24(33)30-23(26(2,3)4)25(34)29-21-13-8-9-14-27-21/h6-9,11-14,16-17,19,23,35H,5,10,15H2,1-4H3,(H,30,33)(H,27,29,34)/t17-,19+,23-/m1/s1. The summed E-state index contributed by atoms with van der Waals surface area (Å²) < 4.78 is 5.82. The quantitative estimate of drug-likeness (QED) is 0.210. The first-order valence-corrected chi connectivity index (χ1v) is 11.9. The molecule has 0 bridgehead atoms. The molecule has 2 aromatic heterocycles. The van der Waals surface area contributed by atoms with Crippen LogP contribution in [0.2, 0.25) is 0 Å². The number of hydrogen-bond donors (Lipinski definition) is 3. The van der Waals surface area contributed by atoms with Gasteiger partial charge in [-0.25, -0.2) is 15.0 Å². The Bertz CT molecular complexity index is 1140. The normalized spacial score (nSPS) is 14.0. The summed E-state index contributed by atoms with van der Waals surface area (Å²) in [6, 6.07) is 10.6. The van der Waals surface area contributed by atoms with Crippen molar-refractivity contribution in [2.45, 2.75) is 59.0 Å². The predicted molar refractivity (Wildman–Crippen MR) is 134 cm³/mol. The molecule has 0 radical (unpaired) electrons. The Balaban J connectivity index is 1.90. The summed E-state index contributed by atoms with van der Waals surface area (Å²) in [4.78, 5) is 46.9. The molecule has 10 nitrogen and oxygen atoms in total. The number of nitrogens with one attached hydrogen (secondary N) is 2. The lowest BCUT2D eigenvalue weighted by Gasteiger charge is -2.34. The molecule has 3 amide bonds. The lowest BCUT2D eigenvalue weighted by atomic mass is 9.84. The van der Waals surface area contributed by atoms with Crippen LogP contribution in [-0.2, 0) is 20.8 Å². The number of anilines is 1. The number of amides is 3. The van der Waals surface area contributed by atoms with Crippen LogP contribution in [0, 0.1) is 11.3 Å². The number of pyridine rings is 1. The maximum Gasteiger partial charge on any atom is 0.248 e. The Hall–Kier alpha value is -3.79. The summed E-state index contributed by atoms with van der Waals surface area (Å²) in [7, 11) is 0. The van der Waals surface area contributed by atoms with Crippen LogP contribution in [0.25, 0.3) is 11.1 Å². The molecule has 0 aliphatic carbocycles. The molecule has 36 heavy (non-hydrogen) atoms. The molecular formula is C26H33N5O5. The number of rotatable bonds is 11. The fourth-order valence-electron chi connectivity index (χ4n) is 4.05. The number of nitrogens with zero attached hydrogens (tertiary/aromatic N) is 3. The van der Waals surface area contributed by atoms with Gasteiger partial charge in [-0.05, 0) is 36.1 Å². The minimum absolute atomic E-state index is 0.0226. The number of aromatic nitrogens is 2. The number of para-hydroxylation sites is 2. The third-order valence-corrected chi connectivity index (χ3v) is 5.90. The van der Waals surface area contributed by atoms with Gasteiger partial charge >= 0.3 is 0 Å². The highest BCUT2D eigenvalue weighted by atomic mass is 16.5. The second-order valence-corrected chi connectivity index (χ2v) is 9.74. The van der Waals surface area contributed by atoms with Crippen LogP contribution in [0.5, 0.6) is 0 Å². The first kappa shape index (κ1) is 26.8. The van der Waals surface area contributed by atoms with Gasteiger partial charge < -0.3 is 15.1 Å². The molecular weight excluding hydrogens is 462 g/mol. The molecule has 1 aromatic carbocycles. The Kier molecular flexibility index (Phi) is 8.76. The highest BCUT2D eigenvalue weighted by molar-refractivity contribution is 5.97. The van der Waals surface area contributed by atoms with E-state index in [0.29, 0.717) is 40.7 Å². The van der Waals surface area contributed by atoms with Gasteiger partial charge in [-0.1, -0.05) is 52.3 Å². The Labute approximate surface area is 210 Å². The van der Waals surface area contributed by atoms with E-state index in [4.69, 9.17) is 4.42 Å². The Morgan fingerprint density at radius 3 is 2.47 bits per heavy atom. The van der Waals surface area contributed by atoms with Gasteiger partial charge in [0, 0.05) is 12.6 Å². The summed E-state index contributed by atoms with van der Waals surface area (Å²) in [5.41, 5.74) is 0.551. The lowest BCUT2D eigenvalue weighted by molar-refractivity contribution is -0.169. The Morgan fingerprint density at radius 1 is 1.14 bits per heavy atom. The number of carbonyl (C=O) groups is 3. The van der Waals surface area contributed by atoms with Gasteiger partial charge in [-0.15, -0.1) is 0 Å². The zero-order valence-electron chi connectivity index (χ0n) is 21.0. The number of hydrogen-bond acceptors (Lipinski definition) is 7. The van der Waals surface area contributed by atoms with Crippen LogP contribution in [0.3, 0.4) is 0 Å². The fraction of sp³-hybridized carbons (Fsp3) is 0.423. The molecule has 3 rings (SSSR count). The molecule has 192 valence electrons. The molecule has 0 spiro atoms. The van der Waals surface area contributed by atoms with Crippen molar-refractivity contribution in [3.05, 3.63) is 54.6 Å². The zero-order chi connectivity index (χ0) is 26.3. The number of fused-ring (bicyclic) bond motifs is 1. The molecule has 3 N–H and O–H groups in total. The number of hydroxylamine groups is 2. The second kappa shape index (κ2) is 11.8. The topological polar surface area (TPSA) is 138 Å². The number of oxazole rings is 1. The minimum atomic E-state index is -0.930. The maximum absolute atomic E-state index is 13.7. The molecule has 0 aliphatic rings. The molecule has 0 fully saturated rings. The summed E-state index contributed by atoms with van der Waals surface area (Å²) in [5, 5.41) is 16.4. The third kappa shape index (κ3) is 6.66. The highest BCUT2D eigenvalue weighted by Crippen LogP contribution is 2.26. The smallest absolute Gasteiger partial charge is 0.248 e. The largest absolute Gasteiger partial charge is 0.441 e. The van der Waals surface area contributed by atoms with E-state index in [1.165, 1.54) is 0 Å². The average Bonchev–Trinajstić information content (AvgIpc) is 3.26. The van der Waals surface area contributed by atoms with Crippen molar-refractivity contribution in [3.8, 4) is 0 Å². The van der Waals surface area contributed by atoms with E-state index in [1.54, 1.807) is 36.5 Å². The third-order valence-electron chi connectivity index (χ3n) is 5.90.